The zero-order valence-corrected chi connectivity index (χ0v) is 11.4. The van der Waals surface area contributed by atoms with Gasteiger partial charge in [0.1, 0.15) is 12.4 Å². The topological polar surface area (TPSA) is 103 Å². The minimum absolute atomic E-state index is 0.00630. The fourth-order valence-electron chi connectivity index (χ4n) is 1.73. The molecule has 3 rings (SSSR count). The van der Waals surface area contributed by atoms with Crippen LogP contribution in [0.15, 0.2) is 18.6 Å². The van der Waals surface area contributed by atoms with E-state index < -0.39 is 4.92 Å². The summed E-state index contributed by atoms with van der Waals surface area (Å²) in [5.41, 5.74) is 0.923. The van der Waals surface area contributed by atoms with Crippen LogP contribution in [-0.4, -0.2) is 35.8 Å². The second-order valence-corrected chi connectivity index (χ2v) is 5.12. The fraction of sp³-hybridized carbons (Fsp3) is 0.300. The van der Waals surface area contributed by atoms with E-state index in [0.29, 0.717) is 13.1 Å². The maximum absolute atomic E-state index is 10.5. The van der Waals surface area contributed by atoms with Gasteiger partial charge in [0.25, 0.3) is 0 Å². The lowest BCUT2D eigenvalue weighted by Gasteiger charge is -2.01. The van der Waals surface area contributed by atoms with Gasteiger partial charge in [0.15, 0.2) is 0 Å². The molecule has 9 nitrogen and oxygen atoms in total. The molecule has 0 spiro atoms. The van der Waals surface area contributed by atoms with E-state index in [1.54, 1.807) is 4.52 Å². The van der Waals surface area contributed by atoms with Crippen LogP contribution >= 0.6 is 11.3 Å². The summed E-state index contributed by atoms with van der Waals surface area (Å²) in [5.74, 6) is 0. The molecule has 0 atom stereocenters. The van der Waals surface area contributed by atoms with Gasteiger partial charge in [-0.2, -0.15) is 5.10 Å². The highest BCUT2D eigenvalue weighted by molar-refractivity contribution is 7.20. The van der Waals surface area contributed by atoms with Crippen LogP contribution in [0.2, 0.25) is 0 Å². The highest BCUT2D eigenvalue weighted by atomic mass is 32.1. The number of imidazole rings is 1. The van der Waals surface area contributed by atoms with E-state index in [1.165, 1.54) is 28.4 Å². The highest BCUT2D eigenvalue weighted by Crippen LogP contribution is 2.18. The number of nitrogens with zero attached hydrogens (tertiary/aromatic N) is 6. The van der Waals surface area contributed by atoms with Gasteiger partial charge in [-0.05, 0) is 6.92 Å². The van der Waals surface area contributed by atoms with E-state index in [4.69, 9.17) is 0 Å². The van der Waals surface area contributed by atoms with E-state index in [1.807, 2.05) is 13.1 Å². The molecular formula is C10H11N7O2S. The molecule has 0 aromatic carbocycles. The largest absolute Gasteiger partial charge is 0.358 e. The Morgan fingerprint density at radius 3 is 3.05 bits per heavy atom. The number of nitro groups is 1. The molecule has 3 aromatic rings. The van der Waals surface area contributed by atoms with Crippen LogP contribution in [0, 0.1) is 17.0 Å². The number of aromatic nitrogens is 5. The van der Waals surface area contributed by atoms with Gasteiger partial charge in [0, 0.05) is 6.54 Å². The van der Waals surface area contributed by atoms with Crippen molar-refractivity contribution in [3.8, 4) is 0 Å². The molecule has 0 aliphatic heterocycles. The Hall–Kier alpha value is -2.49. The fourth-order valence-corrected chi connectivity index (χ4v) is 2.58. The zero-order valence-electron chi connectivity index (χ0n) is 10.6. The minimum atomic E-state index is -0.463. The van der Waals surface area contributed by atoms with Crippen molar-refractivity contribution in [3.63, 3.8) is 0 Å². The molecule has 0 bridgehead atoms. The zero-order chi connectivity index (χ0) is 14.1. The van der Waals surface area contributed by atoms with Gasteiger partial charge in [0.2, 0.25) is 10.1 Å². The van der Waals surface area contributed by atoms with Crippen LogP contribution in [-0.2, 0) is 6.54 Å². The lowest BCUT2D eigenvalue weighted by molar-refractivity contribution is -0.385. The Morgan fingerprint density at radius 1 is 1.50 bits per heavy atom. The van der Waals surface area contributed by atoms with Crippen molar-refractivity contribution in [1.29, 1.82) is 0 Å². The number of fused-ring (bicyclic) bond motifs is 1. The van der Waals surface area contributed by atoms with Crippen molar-refractivity contribution < 1.29 is 4.92 Å². The average Bonchev–Trinajstić information content (AvgIpc) is 3.03. The molecular weight excluding hydrogens is 282 g/mol. The van der Waals surface area contributed by atoms with Crippen molar-refractivity contribution in [3.05, 3.63) is 34.4 Å². The first-order chi connectivity index (χ1) is 9.61. The van der Waals surface area contributed by atoms with E-state index >= 15 is 0 Å². The van der Waals surface area contributed by atoms with Gasteiger partial charge < -0.3 is 5.32 Å². The maximum atomic E-state index is 10.5. The van der Waals surface area contributed by atoms with Crippen molar-refractivity contribution in [1.82, 2.24) is 24.4 Å². The standard InChI is InChI=1S/C10H11N7O2S/c1-7-5-16-10(13-7)20-9(14-16)11-2-3-15-6-8(4-12-15)17(18)19/h4-6H,2-3H2,1H3,(H,11,14). The monoisotopic (exact) mass is 293 g/mol. The van der Waals surface area contributed by atoms with Gasteiger partial charge in [-0.25, -0.2) is 9.50 Å². The molecule has 0 aliphatic carbocycles. The van der Waals surface area contributed by atoms with Crippen molar-refractivity contribution >= 4 is 27.1 Å². The molecule has 0 saturated heterocycles. The first-order valence-electron chi connectivity index (χ1n) is 5.85. The van der Waals surface area contributed by atoms with E-state index in [-0.39, 0.29) is 5.69 Å². The Labute approximate surface area is 117 Å². The van der Waals surface area contributed by atoms with E-state index in [2.05, 4.69) is 20.5 Å². The van der Waals surface area contributed by atoms with Gasteiger partial charge in [0.05, 0.1) is 23.4 Å². The number of hydrogen-bond acceptors (Lipinski definition) is 7. The van der Waals surface area contributed by atoms with E-state index in [9.17, 15) is 10.1 Å². The van der Waals surface area contributed by atoms with Crippen molar-refractivity contribution in [2.75, 3.05) is 11.9 Å². The summed E-state index contributed by atoms with van der Waals surface area (Å²) in [6.07, 6.45) is 4.49. The van der Waals surface area contributed by atoms with Crippen LogP contribution in [0.3, 0.4) is 0 Å². The molecule has 3 aromatic heterocycles. The predicted octanol–water partition coefficient (Wildman–Crippen LogP) is 1.32. The lowest BCUT2D eigenvalue weighted by atomic mass is 10.6. The number of nitrogens with one attached hydrogen (secondary N) is 1. The normalized spacial score (nSPS) is 11.1. The molecule has 3 heterocycles. The number of hydrogen-bond donors (Lipinski definition) is 1. The van der Waals surface area contributed by atoms with Crippen LogP contribution in [0.25, 0.3) is 4.96 Å². The molecule has 0 unspecified atom stereocenters. The molecule has 0 fully saturated rings. The lowest BCUT2D eigenvalue weighted by Crippen LogP contribution is -2.10. The third kappa shape index (κ3) is 2.45. The van der Waals surface area contributed by atoms with Gasteiger partial charge in [-0.1, -0.05) is 11.3 Å². The molecule has 0 aliphatic rings. The van der Waals surface area contributed by atoms with Crippen molar-refractivity contribution in [2.24, 2.45) is 0 Å². The summed E-state index contributed by atoms with van der Waals surface area (Å²) in [7, 11) is 0. The molecule has 0 radical (unpaired) electrons. The van der Waals surface area contributed by atoms with Crippen LogP contribution in [0.5, 0.6) is 0 Å². The molecule has 0 saturated carbocycles. The molecule has 10 heteroatoms. The SMILES string of the molecule is Cc1cn2nc(NCCn3cc([N+](=O)[O-])cn3)sc2n1. The number of anilines is 1. The second kappa shape index (κ2) is 4.89. The number of aryl methyl sites for hydroxylation is 1. The highest BCUT2D eigenvalue weighted by Gasteiger charge is 2.09. The Bertz CT molecular complexity index is 727. The predicted molar refractivity (Wildman–Crippen MR) is 73.0 cm³/mol. The van der Waals surface area contributed by atoms with Crippen molar-refractivity contribution in [2.45, 2.75) is 13.5 Å². The summed E-state index contributed by atoms with van der Waals surface area (Å²) in [5, 5.41) is 22.7. The quantitative estimate of drug-likeness (QED) is 0.562. The third-order valence-corrected chi connectivity index (χ3v) is 3.49. The second-order valence-electron chi connectivity index (χ2n) is 4.16. The Kier molecular flexibility index (Phi) is 3.06. The molecule has 1 N–H and O–H groups in total. The summed E-state index contributed by atoms with van der Waals surface area (Å²) < 4.78 is 3.25. The average molecular weight is 293 g/mol. The first-order valence-corrected chi connectivity index (χ1v) is 6.67. The van der Waals surface area contributed by atoms with E-state index in [0.717, 1.165) is 15.8 Å². The number of rotatable bonds is 5. The van der Waals surface area contributed by atoms with Crippen LogP contribution < -0.4 is 5.32 Å². The van der Waals surface area contributed by atoms with Crippen LogP contribution in [0.4, 0.5) is 10.8 Å². The summed E-state index contributed by atoms with van der Waals surface area (Å²) in [6, 6.07) is 0. The molecule has 0 amide bonds. The Balaban J connectivity index is 1.58. The van der Waals surface area contributed by atoms with Crippen LogP contribution in [0.1, 0.15) is 5.69 Å². The Morgan fingerprint density at radius 2 is 2.35 bits per heavy atom. The first kappa shape index (κ1) is 12.5. The van der Waals surface area contributed by atoms with Gasteiger partial charge in [-0.15, -0.1) is 5.10 Å². The third-order valence-electron chi connectivity index (χ3n) is 2.61. The van der Waals surface area contributed by atoms with Gasteiger partial charge >= 0.3 is 5.69 Å². The smallest absolute Gasteiger partial charge is 0.306 e. The molecule has 104 valence electrons. The minimum Gasteiger partial charge on any atom is -0.358 e. The molecule has 20 heavy (non-hydrogen) atoms. The summed E-state index contributed by atoms with van der Waals surface area (Å²) in [6.45, 7) is 3.02. The summed E-state index contributed by atoms with van der Waals surface area (Å²) in [4.78, 5) is 15.2. The van der Waals surface area contributed by atoms with Gasteiger partial charge in [-0.3, -0.25) is 14.8 Å². The summed E-state index contributed by atoms with van der Waals surface area (Å²) >= 11 is 1.46. The maximum Gasteiger partial charge on any atom is 0.306 e.